The molecule has 1 N–H and O–H groups in total. The molecule has 1 aromatic carbocycles. The number of nitrogens with zero attached hydrogens (tertiary/aromatic N) is 2. The van der Waals surface area contributed by atoms with Gasteiger partial charge in [-0.25, -0.2) is 8.42 Å². The molecule has 0 atom stereocenters. The van der Waals surface area contributed by atoms with Gasteiger partial charge in [0.25, 0.3) is 5.91 Å². The number of likely N-dealkylation sites (N-methyl/N-ethyl adjacent to an activating group) is 1. The van der Waals surface area contributed by atoms with Crippen molar-refractivity contribution in [3.8, 4) is 0 Å². The summed E-state index contributed by atoms with van der Waals surface area (Å²) in [5.41, 5.74) is 0.164. The van der Waals surface area contributed by atoms with Gasteiger partial charge in [-0.05, 0) is 43.4 Å². The highest BCUT2D eigenvalue weighted by Crippen LogP contribution is 2.30. The molecule has 1 fully saturated rings. The molecule has 29 heavy (non-hydrogen) atoms. The molecule has 0 unspecified atom stereocenters. The normalized spacial score (nSPS) is 19.3. The number of benzene rings is 1. The summed E-state index contributed by atoms with van der Waals surface area (Å²) < 4.78 is 27.0. The maximum Gasteiger partial charge on any atom is 0.289 e. The van der Waals surface area contributed by atoms with Crippen LogP contribution in [0.4, 0.5) is 0 Å². The van der Waals surface area contributed by atoms with E-state index in [0.717, 1.165) is 0 Å². The minimum atomic E-state index is -3.65. The number of halogens is 2. The summed E-state index contributed by atoms with van der Waals surface area (Å²) in [4.78, 5) is 25.3. The largest absolute Gasteiger partial charge is 0.503 e. The van der Waals surface area contributed by atoms with Gasteiger partial charge in [-0.2, -0.15) is 4.31 Å². The van der Waals surface area contributed by atoms with Crippen LogP contribution in [0.3, 0.4) is 0 Å². The average Bonchev–Trinajstić information content (AvgIpc) is 2.96. The fraction of sp³-hybridized carbons (Fsp3) is 0.474. The van der Waals surface area contributed by atoms with Crippen molar-refractivity contribution in [3.05, 3.63) is 39.6 Å². The van der Waals surface area contributed by atoms with Crippen LogP contribution >= 0.6 is 23.2 Å². The molecule has 158 valence electrons. The first-order valence-electron chi connectivity index (χ1n) is 9.27. The van der Waals surface area contributed by atoms with Crippen LogP contribution in [0.5, 0.6) is 0 Å². The van der Waals surface area contributed by atoms with Gasteiger partial charge in [0.05, 0.1) is 27.1 Å². The number of Topliss-reactive ketones (excluding diaryl/α,β-unsaturated/α-hetero) is 1. The summed E-state index contributed by atoms with van der Waals surface area (Å²) in [6.07, 6.45) is 2.09. The molecule has 2 aliphatic heterocycles. The molecule has 10 heteroatoms. The summed E-state index contributed by atoms with van der Waals surface area (Å²) in [5.74, 6) is -1.02. The molecule has 0 bridgehead atoms. The monoisotopic (exact) mass is 460 g/mol. The Bertz CT molecular complexity index is 969. The highest BCUT2D eigenvalue weighted by molar-refractivity contribution is 7.89. The number of hydrogen-bond acceptors (Lipinski definition) is 5. The maximum absolute atomic E-state index is 12.8. The lowest BCUT2D eigenvalue weighted by atomic mass is 9.91. The van der Waals surface area contributed by atoms with Gasteiger partial charge in [-0.1, -0.05) is 23.2 Å². The Kier molecular flexibility index (Phi) is 6.57. The number of aliphatic hydroxyl groups excluding tert-OH is 1. The fourth-order valence-electron chi connectivity index (χ4n) is 3.62. The van der Waals surface area contributed by atoms with Crippen molar-refractivity contribution in [3.63, 3.8) is 0 Å². The van der Waals surface area contributed by atoms with Crippen molar-refractivity contribution < 1.29 is 23.1 Å². The topological polar surface area (TPSA) is 95.0 Å². The molecule has 1 amide bonds. The van der Waals surface area contributed by atoms with E-state index in [9.17, 15) is 23.1 Å². The number of carbonyl (C=O) groups excluding carboxylic acids is 2. The van der Waals surface area contributed by atoms with E-state index in [-0.39, 0.29) is 40.2 Å². The number of ketones is 1. The van der Waals surface area contributed by atoms with Gasteiger partial charge in [0.15, 0.2) is 11.5 Å². The van der Waals surface area contributed by atoms with Gasteiger partial charge in [0, 0.05) is 26.6 Å². The SMILES string of the molecule is CN1CC(C(=O)CCC2CCN(S(=O)(=O)c3ccc(Cl)c(Cl)c3)CC2)=C(O)C1=O. The number of hydrogen-bond donors (Lipinski definition) is 1. The molecule has 3 rings (SSSR count). The van der Waals surface area contributed by atoms with Gasteiger partial charge < -0.3 is 10.0 Å². The zero-order valence-corrected chi connectivity index (χ0v) is 18.2. The first-order valence-corrected chi connectivity index (χ1v) is 11.5. The Hall–Kier alpha value is -1.61. The second-order valence-electron chi connectivity index (χ2n) is 7.37. The predicted octanol–water partition coefficient (Wildman–Crippen LogP) is 3.03. The van der Waals surface area contributed by atoms with Crippen molar-refractivity contribution >= 4 is 44.9 Å². The third-order valence-electron chi connectivity index (χ3n) is 5.45. The van der Waals surface area contributed by atoms with Gasteiger partial charge in [0.1, 0.15) is 0 Å². The Morgan fingerprint density at radius 2 is 1.86 bits per heavy atom. The van der Waals surface area contributed by atoms with Gasteiger partial charge >= 0.3 is 0 Å². The summed E-state index contributed by atoms with van der Waals surface area (Å²) in [6.45, 7) is 0.844. The molecule has 7 nitrogen and oxygen atoms in total. The quantitative estimate of drug-likeness (QED) is 0.703. The lowest BCUT2D eigenvalue weighted by Crippen LogP contribution is -2.38. The molecular formula is C19H22Cl2N2O5S. The number of carbonyl (C=O) groups is 2. The highest BCUT2D eigenvalue weighted by Gasteiger charge is 2.33. The number of rotatable bonds is 6. The molecule has 0 radical (unpaired) electrons. The molecule has 0 aromatic heterocycles. The second-order valence-corrected chi connectivity index (χ2v) is 10.1. The highest BCUT2D eigenvalue weighted by atomic mass is 35.5. The zero-order chi connectivity index (χ0) is 21.3. The molecule has 1 saturated heterocycles. The minimum absolute atomic E-state index is 0.109. The van der Waals surface area contributed by atoms with E-state index in [1.54, 1.807) is 0 Å². The standard InChI is InChI=1S/C19H22Cl2N2O5S/c1-22-11-14(18(25)19(22)26)17(24)5-2-12-6-8-23(9-7-12)29(27,28)13-3-4-15(20)16(21)10-13/h3-4,10,12,25H,2,5-9,11H2,1H3. The Balaban J connectivity index is 1.55. The smallest absolute Gasteiger partial charge is 0.289 e. The van der Waals surface area contributed by atoms with Gasteiger partial charge in [-0.15, -0.1) is 0 Å². The molecule has 1 aromatic rings. The second kappa shape index (κ2) is 8.63. The number of aliphatic hydroxyl groups is 1. The fourth-order valence-corrected chi connectivity index (χ4v) is 5.48. The van der Waals surface area contributed by atoms with Crippen LogP contribution in [0.25, 0.3) is 0 Å². The van der Waals surface area contributed by atoms with E-state index in [2.05, 4.69) is 0 Å². The van der Waals surface area contributed by atoms with E-state index in [1.807, 2.05) is 0 Å². The molecule has 2 heterocycles. The van der Waals surface area contributed by atoms with Gasteiger partial charge in [-0.3, -0.25) is 9.59 Å². The van der Waals surface area contributed by atoms with E-state index in [4.69, 9.17) is 23.2 Å². The van der Waals surface area contributed by atoms with Crippen molar-refractivity contribution in [2.45, 2.75) is 30.6 Å². The van der Waals surface area contributed by atoms with E-state index >= 15 is 0 Å². The summed E-state index contributed by atoms with van der Waals surface area (Å²) in [5, 5.41) is 10.3. The summed E-state index contributed by atoms with van der Waals surface area (Å²) >= 11 is 11.8. The molecule has 2 aliphatic rings. The number of sulfonamides is 1. The van der Waals surface area contributed by atoms with Crippen LogP contribution in [-0.4, -0.2) is 61.1 Å². The third kappa shape index (κ3) is 4.60. The van der Waals surface area contributed by atoms with E-state index in [0.29, 0.717) is 37.4 Å². The maximum atomic E-state index is 12.8. The first-order chi connectivity index (χ1) is 13.6. The van der Waals surface area contributed by atoms with E-state index in [1.165, 1.54) is 34.5 Å². The van der Waals surface area contributed by atoms with Crippen LogP contribution in [0, 0.1) is 5.92 Å². The molecule has 0 spiro atoms. The Labute approximate surface area is 179 Å². The third-order valence-corrected chi connectivity index (χ3v) is 8.08. The van der Waals surface area contributed by atoms with Crippen LogP contribution in [-0.2, 0) is 19.6 Å². The van der Waals surface area contributed by atoms with Crippen molar-refractivity contribution in [1.29, 1.82) is 0 Å². The Morgan fingerprint density at radius 1 is 1.21 bits per heavy atom. The molecule has 0 aliphatic carbocycles. The number of piperidine rings is 1. The lowest BCUT2D eigenvalue weighted by molar-refractivity contribution is -0.126. The van der Waals surface area contributed by atoms with Crippen LogP contribution in [0.1, 0.15) is 25.7 Å². The molecular weight excluding hydrogens is 439 g/mol. The molecule has 0 saturated carbocycles. The van der Waals surface area contributed by atoms with Crippen molar-refractivity contribution in [1.82, 2.24) is 9.21 Å². The first kappa shape index (κ1) is 22.1. The Morgan fingerprint density at radius 3 is 2.41 bits per heavy atom. The minimum Gasteiger partial charge on any atom is -0.503 e. The number of amides is 1. The zero-order valence-electron chi connectivity index (χ0n) is 15.9. The van der Waals surface area contributed by atoms with Crippen LogP contribution in [0.15, 0.2) is 34.4 Å². The average molecular weight is 461 g/mol. The van der Waals surface area contributed by atoms with Crippen molar-refractivity contribution in [2.75, 3.05) is 26.7 Å². The summed E-state index contributed by atoms with van der Waals surface area (Å²) in [6, 6.07) is 4.25. The predicted molar refractivity (Wildman–Crippen MR) is 109 cm³/mol. The van der Waals surface area contributed by atoms with Crippen LogP contribution in [0.2, 0.25) is 10.0 Å². The lowest BCUT2D eigenvalue weighted by Gasteiger charge is -2.31. The van der Waals surface area contributed by atoms with E-state index < -0.39 is 21.7 Å². The van der Waals surface area contributed by atoms with Crippen LogP contribution < -0.4 is 0 Å². The van der Waals surface area contributed by atoms with Crippen molar-refractivity contribution in [2.24, 2.45) is 5.92 Å². The van der Waals surface area contributed by atoms with Gasteiger partial charge in [0.2, 0.25) is 10.0 Å². The summed E-state index contributed by atoms with van der Waals surface area (Å²) in [7, 11) is -2.12.